The van der Waals surface area contributed by atoms with Crippen molar-refractivity contribution in [3.8, 4) is 5.75 Å². The lowest BCUT2D eigenvalue weighted by molar-refractivity contribution is -0.136. The zero-order valence-electron chi connectivity index (χ0n) is 12.0. The molecule has 0 saturated heterocycles. The molecule has 0 bridgehead atoms. The maximum atomic E-state index is 12.0. The van der Waals surface area contributed by atoms with Gasteiger partial charge in [-0.15, -0.1) is 0 Å². The summed E-state index contributed by atoms with van der Waals surface area (Å²) in [6.45, 7) is 6.71. The quantitative estimate of drug-likeness (QED) is 0.811. The van der Waals surface area contributed by atoms with Crippen LogP contribution in [0, 0.1) is 0 Å². The van der Waals surface area contributed by atoms with E-state index in [0.717, 1.165) is 5.56 Å². The topological polar surface area (TPSA) is 34.2 Å². The second-order valence-corrected chi connectivity index (χ2v) is 5.65. The molecule has 1 aromatic rings. The van der Waals surface area contributed by atoms with Gasteiger partial charge in [0.1, 0.15) is 5.75 Å². The Bertz CT molecular complexity index is 414. The number of nitrogens with one attached hydrogen (secondary N) is 1. The van der Waals surface area contributed by atoms with Crippen LogP contribution in [0.2, 0.25) is 0 Å². The lowest BCUT2D eigenvalue weighted by Crippen LogP contribution is -2.35. The Balaban J connectivity index is 2.49. The number of hydrogen-bond donors (Lipinski definition) is 1. The molecule has 0 aromatic carbocycles. The van der Waals surface area contributed by atoms with Crippen LogP contribution in [-0.4, -0.2) is 23.3 Å². The van der Waals surface area contributed by atoms with Gasteiger partial charge >= 0.3 is 6.18 Å². The van der Waals surface area contributed by atoms with E-state index >= 15 is 0 Å². The van der Waals surface area contributed by atoms with Gasteiger partial charge in [-0.3, -0.25) is 4.98 Å². The molecule has 3 nitrogen and oxygen atoms in total. The van der Waals surface area contributed by atoms with Crippen LogP contribution in [0.5, 0.6) is 5.75 Å². The molecule has 1 rings (SSSR count). The van der Waals surface area contributed by atoms with Crippen molar-refractivity contribution in [2.45, 2.75) is 51.9 Å². The third-order valence-corrected chi connectivity index (χ3v) is 2.53. The normalized spacial score (nSPS) is 12.5. The molecule has 0 amide bonds. The fourth-order valence-corrected chi connectivity index (χ4v) is 1.50. The minimum absolute atomic E-state index is 0.0437. The van der Waals surface area contributed by atoms with Crippen molar-refractivity contribution in [2.24, 2.45) is 0 Å². The Morgan fingerprint density at radius 2 is 1.95 bits per heavy atom. The average molecular weight is 290 g/mol. The van der Waals surface area contributed by atoms with Crippen LogP contribution in [0.25, 0.3) is 0 Å². The molecule has 20 heavy (non-hydrogen) atoms. The van der Waals surface area contributed by atoms with E-state index in [4.69, 9.17) is 4.74 Å². The van der Waals surface area contributed by atoms with Gasteiger partial charge in [0, 0.05) is 36.5 Å². The molecule has 0 aliphatic rings. The smallest absolute Gasteiger partial charge is 0.389 e. The summed E-state index contributed by atoms with van der Waals surface area (Å²) in [4.78, 5) is 4.01. The van der Waals surface area contributed by atoms with Crippen LogP contribution >= 0.6 is 0 Å². The molecular formula is C14H21F3N2O. The van der Waals surface area contributed by atoms with E-state index in [0.29, 0.717) is 12.3 Å². The van der Waals surface area contributed by atoms with E-state index in [-0.39, 0.29) is 18.6 Å². The predicted octanol–water partition coefficient (Wildman–Crippen LogP) is 3.69. The van der Waals surface area contributed by atoms with Gasteiger partial charge in [0.25, 0.3) is 0 Å². The van der Waals surface area contributed by atoms with Crippen molar-refractivity contribution in [3.05, 3.63) is 24.0 Å². The van der Waals surface area contributed by atoms with Gasteiger partial charge in [-0.1, -0.05) is 0 Å². The summed E-state index contributed by atoms with van der Waals surface area (Å²) in [7, 11) is 0. The number of halogens is 3. The van der Waals surface area contributed by atoms with Crippen molar-refractivity contribution in [1.29, 1.82) is 0 Å². The van der Waals surface area contributed by atoms with Gasteiger partial charge in [-0.05, 0) is 33.3 Å². The maximum absolute atomic E-state index is 12.0. The van der Waals surface area contributed by atoms with Crippen LogP contribution in [0.1, 0.15) is 39.2 Å². The number of pyridine rings is 1. The lowest BCUT2D eigenvalue weighted by atomic mass is 10.1. The molecule has 1 heterocycles. The van der Waals surface area contributed by atoms with Crippen LogP contribution in [0.3, 0.4) is 0 Å². The Morgan fingerprint density at radius 1 is 1.25 bits per heavy atom. The highest BCUT2D eigenvalue weighted by molar-refractivity contribution is 5.30. The summed E-state index contributed by atoms with van der Waals surface area (Å²) >= 11 is 0. The van der Waals surface area contributed by atoms with E-state index in [1.54, 1.807) is 18.5 Å². The highest BCUT2D eigenvalue weighted by Gasteiger charge is 2.26. The van der Waals surface area contributed by atoms with E-state index in [1.807, 2.05) is 20.8 Å². The molecule has 0 atom stereocenters. The van der Waals surface area contributed by atoms with Gasteiger partial charge in [0.2, 0.25) is 0 Å². The summed E-state index contributed by atoms with van der Waals surface area (Å²) in [5.41, 5.74) is 0.790. The number of nitrogens with zero attached hydrogens (tertiary/aromatic N) is 1. The highest BCUT2D eigenvalue weighted by Crippen LogP contribution is 2.22. The van der Waals surface area contributed by atoms with Crippen molar-refractivity contribution >= 4 is 0 Å². The summed E-state index contributed by atoms with van der Waals surface area (Å²) in [6, 6.07) is 1.67. The van der Waals surface area contributed by atoms with Gasteiger partial charge in [0.05, 0.1) is 6.61 Å². The minimum Gasteiger partial charge on any atom is -0.493 e. The third kappa shape index (κ3) is 7.33. The molecule has 0 radical (unpaired) electrons. The molecule has 1 aromatic heterocycles. The Labute approximate surface area is 117 Å². The molecule has 0 saturated carbocycles. The standard InChI is InChI=1S/C14H21F3N2O/c1-13(2,3)19-10-11-9-18-7-5-12(11)20-8-4-6-14(15,16)17/h5,7,9,19H,4,6,8,10H2,1-3H3. The molecule has 0 fully saturated rings. The molecule has 0 unspecified atom stereocenters. The number of alkyl halides is 3. The molecule has 1 N–H and O–H groups in total. The van der Waals surface area contributed by atoms with Gasteiger partial charge < -0.3 is 10.1 Å². The van der Waals surface area contributed by atoms with Crippen molar-refractivity contribution < 1.29 is 17.9 Å². The third-order valence-electron chi connectivity index (χ3n) is 2.53. The maximum Gasteiger partial charge on any atom is 0.389 e. The van der Waals surface area contributed by atoms with Crippen molar-refractivity contribution in [3.63, 3.8) is 0 Å². The van der Waals surface area contributed by atoms with E-state index in [9.17, 15) is 13.2 Å². The van der Waals surface area contributed by atoms with Crippen LogP contribution in [0.4, 0.5) is 13.2 Å². The fraction of sp³-hybridized carbons (Fsp3) is 0.643. The van der Waals surface area contributed by atoms with E-state index in [2.05, 4.69) is 10.3 Å². The fourth-order valence-electron chi connectivity index (χ4n) is 1.50. The SMILES string of the molecule is CC(C)(C)NCc1cnccc1OCCCC(F)(F)F. The van der Waals surface area contributed by atoms with Crippen molar-refractivity contribution in [1.82, 2.24) is 10.3 Å². The van der Waals surface area contributed by atoms with Gasteiger partial charge in [-0.2, -0.15) is 13.2 Å². The first kappa shape index (κ1) is 16.8. The number of rotatable bonds is 6. The molecule has 0 aliphatic heterocycles. The van der Waals surface area contributed by atoms with Gasteiger partial charge in [0.15, 0.2) is 0 Å². The molecule has 114 valence electrons. The minimum atomic E-state index is -4.13. The molecule has 0 spiro atoms. The molecule has 6 heteroatoms. The first-order valence-corrected chi connectivity index (χ1v) is 6.55. The summed E-state index contributed by atoms with van der Waals surface area (Å²) in [5, 5.41) is 3.29. The number of hydrogen-bond acceptors (Lipinski definition) is 3. The van der Waals surface area contributed by atoms with Crippen LogP contribution in [0.15, 0.2) is 18.5 Å². The van der Waals surface area contributed by atoms with E-state index < -0.39 is 12.6 Å². The highest BCUT2D eigenvalue weighted by atomic mass is 19.4. The summed E-state index contributed by atoms with van der Waals surface area (Å²) in [5.74, 6) is 0.582. The van der Waals surface area contributed by atoms with Crippen molar-refractivity contribution in [2.75, 3.05) is 6.61 Å². The Kier molecular flexibility index (Phi) is 5.80. The Morgan fingerprint density at radius 3 is 2.55 bits per heavy atom. The number of ether oxygens (including phenoxy) is 1. The average Bonchev–Trinajstić information content (AvgIpc) is 2.31. The first-order chi connectivity index (χ1) is 9.17. The molecule has 0 aliphatic carbocycles. The zero-order chi connectivity index (χ0) is 15.2. The van der Waals surface area contributed by atoms with Crippen LogP contribution < -0.4 is 10.1 Å². The second-order valence-electron chi connectivity index (χ2n) is 5.65. The van der Waals surface area contributed by atoms with Gasteiger partial charge in [-0.25, -0.2) is 0 Å². The first-order valence-electron chi connectivity index (χ1n) is 6.55. The van der Waals surface area contributed by atoms with Crippen LogP contribution in [-0.2, 0) is 6.54 Å². The predicted molar refractivity (Wildman–Crippen MR) is 71.6 cm³/mol. The number of aromatic nitrogens is 1. The zero-order valence-corrected chi connectivity index (χ0v) is 12.0. The lowest BCUT2D eigenvalue weighted by Gasteiger charge is -2.21. The second kappa shape index (κ2) is 6.92. The summed E-state index contributed by atoms with van der Waals surface area (Å²) < 4.78 is 41.5. The molecular weight excluding hydrogens is 269 g/mol. The van der Waals surface area contributed by atoms with E-state index in [1.165, 1.54) is 0 Å². The summed E-state index contributed by atoms with van der Waals surface area (Å²) in [6.07, 6.45) is -1.76. The monoisotopic (exact) mass is 290 g/mol. The largest absolute Gasteiger partial charge is 0.493 e. The Hall–Kier alpha value is -1.30.